The Bertz CT molecular complexity index is 1420. The molecule has 0 fully saturated rings. The van der Waals surface area contributed by atoms with Gasteiger partial charge in [-0.1, -0.05) is 233 Å². The van der Waals surface area contributed by atoms with Crippen LogP contribution in [-0.4, -0.2) is 37.2 Å². The van der Waals surface area contributed by atoms with E-state index in [9.17, 15) is 14.4 Å². The zero-order valence-corrected chi connectivity index (χ0v) is 44.8. The Morgan fingerprint density at radius 2 is 0.565 bits per heavy atom. The molecule has 0 saturated carbocycles. The van der Waals surface area contributed by atoms with Gasteiger partial charge in [0.05, 0.1) is 0 Å². The first kappa shape index (κ1) is 65.1. The summed E-state index contributed by atoms with van der Waals surface area (Å²) in [6, 6.07) is 0. The quantitative estimate of drug-likeness (QED) is 0.0262. The lowest BCUT2D eigenvalue weighted by Gasteiger charge is -2.18. The Hall–Kier alpha value is -3.93. The molecule has 0 radical (unpaired) electrons. The summed E-state index contributed by atoms with van der Waals surface area (Å²) < 4.78 is 16.7. The molecule has 0 spiro atoms. The number of unbranched alkanes of at least 4 members (excludes halogenated alkanes) is 21. The van der Waals surface area contributed by atoms with Crippen LogP contribution in [0.15, 0.2) is 109 Å². The summed E-state index contributed by atoms with van der Waals surface area (Å²) in [5.74, 6) is -0.922. The molecule has 0 amide bonds. The van der Waals surface area contributed by atoms with E-state index in [0.29, 0.717) is 19.3 Å². The number of carbonyl (C=O) groups is 3. The maximum absolute atomic E-state index is 12.8. The fourth-order valence-corrected chi connectivity index (χ4v) is 7.51. The van der Waals surface area contributed by atoms with Gasteiger partial charge in [0.1, 0.15) is 13.2 Å². The molecule has 1 unspecified atom stereocenters. The van der Waals surface area contributed by atoms with Crippen LogP contribution in [0, 0.1) is 0 Å². The second kappa shape index (κ2) is 56.7. The van der Waals surface area contributed by atoms with Crippen LogP contribution in [0.5, 0.6) is 0 Å². The molecule has 1 atom stereocenters. The van der Waals surface area contributed by atoms with E-state index in [-0.39, 0.29) is 31.1 Å². The van der Waals surface area contributed by atoms with E-state index < -0.39 is 6.10 Å². The van der Waals surface area contributed by atoms with E-state index in [1.807, 2.05) is 0 Å². The van der Waals surface area contributed by atoms with Crippen molar-refractivity contribution in [1.29, 1.82) is 0 Å². The summed E-state index contributed by atoms with van der Waals surface area (Å²) in [6.07, 6.45) is 76.7. The highest BCUT2D eigenvalue weighted by Crippen LogP contribution is 2.14. The van der Waals surface area contributed by atoms with Crippen LogP contribution in [0.2, 0.25) is 0 Å². The highest BCUT2D eigenvalue weighted by molar-refractivity contribution is 5.71. The van der Waals surface area contributed by atoms with E-state index in [4.69, 9.17) is 14.2 Å². The van der Waals surface area contributed by atoms with E-state index in [2.05, 4.69) is 130 Å². The van der Waals surface area contributed by atoms with Crippen molar-refractivity contribution >= 4 is 17.9 Å². The van der Waals surface area contributed by atoms with Crippen molar-refractivity contribution in [3.8, 4) is 0 Å². The molecule has 0 aromatic rings. The van der Waals surface area contributed by atoms with Crippen LogP contribution in [-0.2, 0) is 28.6 Å². The Morgan fingerprint density at radius 3 is 0.913 bits per heavy atom. The number of hydrogen-bond donors (Lipinski definition) is 0. The molecule has 6 heteroatoms. The molecule has 392 valence electrons. The summed E-state index contributed by atoms with van der Waals surface area (Å²) in [7, 11) is 0. The average molecular weight is 958 g/mol. The summed E-state index contributed by atoms with van der Waals surface area (Å²) in [5, 5.41) is 0. The van der Waals surface area contributed by atoms with Crippen LogP contribution in [0.4, 0.5) is 0 Å². The molecule has 0 aliphatic heterocycles. The van der Waals surface area contributed by atoms with Gasteiger partial charge in [0.25, 0.3) is 0 Å². The van der Waals surface area contributed by atoms with Crippen molar-refractivity contribution in [3.05, 3.63) is 109 Å². The van der Waals surface area contributed by atoms with Gasteiger partial charge in [-0.25, -0.2) is 0 Å². The molecule has 0 aliphatic carbocycles. The van der Waals surface area contributed by atoms with Gasteiger partial charge in [0.15, 0.2) is 6.10 Å². The monoisotopic (exact) mass is 957 g/mol. The smallest absolute Gasteiger partial charge is 0.306 e. The first-order valence-corrected chi connectivity index (χ1v) is 28.4. The van der Waals surface area contributed by atoms with Gasteiger partial charge in [0, 0.05) is 19.3 Å². The predicted octanol–water partition coefficient (Wildman–Crippen LogP) is 19.1. The topological polar surface area (TPSA) is 78.9 Å². The second-order valence-electron chi connectivity index (χ2n) is 18.5. The number of hydrogen-bond acceptors (Lipinski definition) is 6. The van der Waals surface area contributed by atoms with E-state index in [0.717, 1.165) is 135 Å². The number of carbonyl (C=O) groups excluding carboxylic acids is 3. The minimum Gasteiger partial charge on any atom is -0.462 e. The van der Waals surface area contributed by atoms with E-state index in [1.54, 1.807) is 0 Å². The molecule has 0 rings (SSSR count). The molecule has 0 heterocycles. The maximum Gasteiger partial charge on any atom is 0.306 e. The normalized spacial score (nSPS) is 12.9. The summed E-state index contributed by atoms with van der Waals surface area (Å²) in [4.78, 5) is 37.9. The van der Waals surface area contributed by atoms with Crippen molar-refractivity contribution in [3.63, 3.8) is 0 Å². The molecule has 0 aromatic carbocycles. The molecule has 0 aliphatic rings. The highest BCUT2D eigenvalue weighted by Gasteiger charge is 2.19. The molecule has 0 aromatic heterocycles. The first-order valence-electron chi connectivity index (χ1n) is 28.4. The maximum atomic E-state index is 12.8. The second-order valence-corrected chi connectivity index (χ2v) is 18.5. The van der Waals surface area contributed by atoms with Crippen LogP contribution < -0.4 is 0 Å². The van der Waals surface area contributed by atoms with Crippen LogP contribution in [0.3, 0.4) is 0 Å². The molecule has 6 nitrogen and oxygen atoms in total. The summed E-state index contributed by atoms with van der Waals surface area (Å²) in [6.45, 7) is 6.43. The molecule has 0 bridgehead atoms. The Kier molecular flexibility index (Phi) is 53.4. The average Bonchev–Trinajstić information content (AvgIpc) is 3.35. The van der Waals surface area contributed by atoms with Gasteiger partial charge in [-0.15, -0.1) is 0 Å². The first-order chi connectivity index (χ1) is 34.0. The molecule has 0 N–H and O–H groups in total. The van der Waals surface area contributed by atoms with Crippen LogP contribution >= 0.6 is 0 Å². The van der Waals surface area contributed by atoms with Gasteiger partial charge in [-0.3, -0.25) is 14.4 Å². The minimum atomic E-state index is -0.788. The predicted molar refractivity (Wildman–Crippen MR) is 297 cm³/mol. The largest absolute Gasteiger partial charge is 0.462 e. The van der Waals surface area contributed by atoms with Gasteiger partial charge >= 0.3 is 17.9 Å². The number of ether oxygens (including phenoxy) is 3. The van der Waals surface area contributed by atoms with Gasteiger partial charge in [0.2, 0.25) is 0 Å². The molecule has 0 saturated heterocycles. The van der Waals surface area contributed by atoms with Crippen molar-refractivity contribution in [1.82, 2.24) is 0 Å². The number of esters is 3. The zero-order chi connectivity index (χ0) is 50.0. The van der Waals surface area contributed by atoms with Crippen molar-refractivity contribution in [2.45, 2.75) is 258 Å². The third-order valence-corrected chi connectivity index (χ3v) is 11.8. The third kappa shape index (κ3) is 54.9. The van der Waals surface area contributed by atoms with E-state index in [1.165, 1.54) is 77.0 Å². The third-order valence-electron chi connectivity index (χ3n) is 11.8. The molecular formula is C63H104O6. The Morgan fingerprint density at radius 1 is 0.304 bits per heavy atom. The number of allylic oxidation sites excluding steroid dienone is 18. The fourth-order valence-electron chi connectivity index (χ4n) is 7.51. The van der Waals surface area contributed by atoms with Crippen molar-refractivity contribution in [2.24, 2.45) is 0 Å². The molecular weight excluding hydrogens is 853 g/mol. The SMILES string of the molecule is CC/C=C\C/C=C\C/C=C\C/C=C\C/C=C\C/C=C\C/C=C\CCCCCCCCCC(=O)OCC(COC(=O)CCCCCCCCC)OC(=O)CCCCCCC/C=C\C/C=C\CCCCC. The lowest BCUT2D eigenvalue weighted by atomic mass is 10.1. The van der Waals surface area contributed by atoms with Gasteiger partial charge in [-0.05, 0) is 109 Å². The van der Waals surface area contributed by atoms with Crippen molar-refractivity contribution < 1.29 is 28.6 Å². The lowest BCUT2D eigenvalue weighted by molar-refractivity contribution is -0.167. The zero-order valence-electron chi connectivity index (χ0n) is 44.8. The van der Waals surface area contributed by atoms with Crippen LogP contribution in [0.1, 0.15) is 252 Å². The highest BCUT2D eigenvalue weighted by atomic mass is 16.6. The standard InChI is InChI=1S/C63H104O6/c1-4-7-10-13-16-18-20-22-24-25-26-27-28-29-30-31-32-33-34-35-36-37-39-40-42-44-47-50-53-56-62(65)68-59-60(58-67-61(64)55-52-49-46-15-12-9-6-3)69-63(66)57-54-51-48-45-43-41-38-23-21-19-17-14-11-8-5-2/h7,10,16-19,22-24,26-27,29-30,32-33,35-36,38,60H,4-6,8-9,11-15,20-21,25,28,31,34,37,39-59H2,1-3H3/b10-7-,18-16-,19-17-,24-22-,27-26-,30-29-,33-32-,36-35-,38-23-. The Balaban J connectivity index is 4.21. The van der Waals surface area contributed by atoms with Crippen molar-refractivity contribution in [2.75, 3.05) is 13.2 Å². The van der Waals surface area contributed by atoms with Gasteiger partial charge in [-0.2, -0.15) is 0 Å². The lowest BCUT2D eigenvalue weighted by Crippen LogP contribution is -2.30. The number of rotatable bonds is 50. The van der Waals surface area contributed by atoms with E-state index >= 15 is 0 Å². The molecule has 69 heavy (non-hydrogen) atoms. The minimum absolute atomic E-state index is 0.0875. The van der Waals surface area contributed by atoms with Crippen LogP contribution in [0.25, 0.3) is 0 Å². The summed E-state index contributed by atoms with van der Waals surface area (Å²) >= 11 is 0. The summed E-state index contributed by atoms with van der Waals surface area (Å²) in [5.41, 5.74) is 0. The fraction of sp³-hybridized carbons (Fsp3) is 0.667. The Labute approximate surface area is 425 Å². The van der Waals surface area contributed by atoms with Gasteiger partial charge < -0.3 is 14.2 Å².